The summed E-state index contributed by atoms with van der Waals surface area (Å²) < 4.78 is 0. The van der Waals surface area contributed by atoms with Gasteiger partial charge in [0.1, 0.15) is 5.56 Å². The van der Waals surface area contributed by atoms with Gasteiger partial charge in [0.15, 0.2) is 5.43 Å². The van der Waals surface area contributed by atoms with Crippen LogP contribution in [0, 0.1) is 6.92 Å². The Morgan fingerprint density at radius 3 is 2.52 bits per heavy atom. The third-order valence-corrected chi connectivity index (χ3v) is 3.18. The Morgan fingerprint density at radius 2 is 1.95 bits per heavy atom. The first-order valence-corrected chi connectivity index (χ1v) is 6.89. The van der Waals surface area contributed by atoms with Gasteiger partial charge in [0, 0.05) is 35.9 Å². The van der Waals surface area contributed by atoms with Gasteiger partial charge in [-0.3, -0.25) is 9.59 Å². The number of H-pyrrole nitrogens is 1. The molecule has 0 saturated heterocycles. The van der Waals surface area contributed by atoms with Crippen molar-refractivity contribution in [2.24, 2.45) is 0 Å². The number of anilines is 2. The number of hydrogen-bond acceptors (Lipinski definition) is 3. The van der Waals surface area contributed by atoms with Gasteiger partial charge in [-0.05, 0) is 37.6 Å². The summed E-state index contributed by atoms with van der Waals surface area (Å²) in [7, 11) is 0. The summed E-state index contributed by atoms with van der Waals surface area (Å²) in [6.45, 7) is 4.30. The number of aromatic amines is 1. The lowest BCUT2D eigenvalue weighted by Gasteiger charge is -2.22. The van der Waals surface area contributed by atoms with Crippen LogP contribution < -0.4 is 16.1 Å². The molecule has 3 N–H and O–H groups in total. The molecule has 110 valence electrons. The van der Waals surface area contributed by atoms with Crippen molar-refractivity contribution in [2.45, 2.75) is 20.3 Å². The second-order valence-corrected chi connectivity index (χ2v) is 4.94. The van der Waals surface area contributed by atoms with Crippen LogP contribution >= 0.6 is 0 Å². The zero-order valence-electron chi connectivity index (χ0n) is 12.2. The molecule has 5 nitrogen and oxygen atoms in total. The molecule has 21 heavy (non-hydrogen) atoms. The molecule has 2 rings (SSSR count). The minimum atomic E-state index is -0.303. The molecule has 0 aliphatic heterocycles. The van der Waals surface area contributed by atoms with Crippen molar-refractivity contribution in [3.63, 3.8) is 0 Å². The molecular weight excluding hydrogens is 266 g/mol. The summed E-state index contributed by atoms with van der Waals surface area (Å²) in [6, 6.07) is 8.48. The van der Waals surface area contributed by atoms with E-state index < -0.39 is 0 Å². The molecule has 1 aromatic carbocycles. The lowest BCUT2D eigenvalue weighted by atomic mass is 10.2. The molecular formula is C16H19N3O2. The van der Waals surface area contributed by atoms with Gasteiger partial charge in [0.2, 0.25) is 0 Å². The van der Waals surface area contributed by atoms with Crippen molar-refractivity contribution in [3.05, 3.63) is 58.0 Å². The molecule has 0 aliphatic carbocycles. The monoisotopic (exact) mass is 285 g/mol. The smallest absolute Gasteiger partial charge is 0.263 e. The van der Waals surface area contributed by atoms with Crippen molar-refractivity contribution in [3.8, 4) is 0 Å². The van der Waals surface area contributed by atoms with Crippen molar-refractivity contribution in [1.82, 2.24) is 4.98 Å². The van der Waals surface area contributed by atoms with Crippen LogP contribution in [-0.2, 0) is 0 Å². The van der Waals surface area contributed by atoms with Crippen molar-refractivity contribution < 1.29 is 4.79 Å². The number of nitrogens with one attached hydrogen (secondary N) is 1. The van der Waals surface area contributed by atoms with Gasteiger partial charge in [0.25, 0.3) is 5.91 Å². The Hall–Kier alpha value is -2.56. The van der Waals surface area contributed by atoms with E-state index in [4.69, 9.17) is 5.73 Å². The van der Waals surface area contributed by atoms with Crippen molar-refractivity contribution in [1.29, 1.82) is 0 Å². The largest absolute Gasteiger partial charge is 0.399 e. The van der Waals surface area contributed by atoms with Crippen LogP contribution in [0.3, 0.4) is 0 Å². The summed E-state index contributed by atoms with van der Waals surface area (Å²) in [6.07, 6.45) is 2.26. The number of pyridine rings is 1. The highest BCUT2D eigenvalue weighted by molar-refractivity contribution is 6.05. The maximum atomic E-state index is 12.6. The second kappa shape index (κ2) is 6.26. The van der Waals surface area contributed by atoms with Crippen LogP contribution in [0.1, 0.15) is 29.4 Å². The molecule has 5 heteroatoms. The molecule has 1 amide bonds. The maximum absolute atomic E-state index is 12.6. The number of nitrogens with two attached hydrogens (primary N) is 1. The Labute approximate surface area is 123 Å². The summed E-state index contributed by atoms with van der Waals surface area (Å²) in [5.41, 5.74) is 7.64. The summed E-state index contributed by atoms with van der Waals surface area (Å²) >= 11 is 0. The van der Waals surface area contributed by atoms with Gasteiger partial charge < -0.3 is 15.6 Å². The predicted octanol–water partition coefficient (Wildman–Crippen LogP) is 2.32. The first-order valence-electron chi connectivity index (χ1n) is 6.89. The average Bonchev–Trinajstić information content (AvgIpc) is 2.45. The standard InChI is InChI=1S/C16H19N3O2/c1-3-8-19(13-6-4-12(17)5-7-13)16(21)14-10-18-11(2)9-15(14)20/h4-7,9-10H,3,8,17H2,1-2H3,(H,18,20). The first-order chi connectivity index (χ1) is 10.0. The van der Waals surface area contributed by atoms with Crippen LogP contribution in [0.15, 0.2) is 41.3 Å². The van der Waals surface area contributed by atoms with Gasteiger partial charge in [-0.2, -0.15) is 0 Å². The van der Waals surface area contributed by atoms with Crippen LogP contribution in [0.4, 0.5) is 11.4 Å². The van der Waals surface area contributed by atoms with E-state index in [1.165, 1.54) is 12.3 Å². The Kier molecular flexibility index (Phi) is 4.42. The number of amides is 1. The van der Waals surface area contributed by atoms with Crippen LogP contribution in [0.2, 0.25) is 0 Å². The Morgan fingerprint density at radius 1 is 1.29 bits per heavy atom. The van der Waals surface area contributed by atoms with Crippen LogP contribution in [0.25, 0.3) is 0 Å². The molecule has 2 aromatic rings. The van der Waals surface area contributed by atoms with E-state index in [1.807, 2.05) is 6.92 Å². The number of hydrogen-bond donors (Lipinski definition) is 2. The van der Waals surface area contributed by atoms with E-state index in [2.05, 4.69) is 4.98 Å². The number of aryl methyl sites for hydroxylation is 1. The van der Waals surface area contributed by atoms with Gasteiger partial charge in [-0.1, -0.05) is 6.92 Å². The van der Waals surface area contributed by atoms with Gasteiger partial charge >= 0.3 is 0 Å². The van der Waals surface area contributed by atoms with Gasteiger partial charge in [0.05, 0.1) is 0 Å². The molecule has 0 atom stereocenters. The molecule has 0 unspecified atom stereocenters. The number of nitrogen functional groups attached to an aromatic ring is 1. The maximum Gasteiger partial charge on any atom is 0.263 e. The molecule has 0 aliphatic rings. The third kappa shape index (κ3) is 3.31. The topological polar surface area (TPSA) is 79.2 Å². The van der Waals surface area contributed by atoms with E-state index in [-0.39, 0.29) is 16.9 Å². The molecule has 0 bridgehead atoms. The van der Waals surface area contributed by atoms with E-state index in [1.54, 1.807) is 36.1 Å². The SMILES string of the molecule is CCCN(C(=O)c1c[nH]c(C)cc1=O)c1ccc(N)cc1. The zero-order valence-corrected chi connectivity index (χ0v) is 12.2. The number of nitrogens with zero attached hydrogens (tertiary/aromatic N) is 1. The normalized spacial score (nSPS) is 10.4. The number of benzene rings is 1. The minimum Gasteiger partial charge on any atom is -0.399 e. The summed E-state index contributed by atoms with van der Waals surface area (Å²) in [4.78, 5) is 29.1. The molecule has 1 aromatic heterocycles. The van der Waals surface area contributed by atoms with Crippen LogP contribution in [0.5, 0.6) is 0 Å². The molecule has 0 saturated carbocycles. The number of aromatic nitrogens is 1. The fraction of sp³-hybridized carbons (Fsp3) is 0.250. The predicted molar refractivity (Wildman–Crippen MR) is 84.6 cm³/mol. The fourth-order valence-corrected chi connectivity index (χ4v) is 2.11. The summed E-state index contributed by atoms with van der Waals surface area (Å²) in [5, 5.41) is 0. The Balaban J connectivity index is 2.39. The van der Waals surface area contributed by atoms with Crippen molar-refractivity contribution in [2.75, 3.05) is 17.2 Å². The van der Waals surface area contributed by atoms with Gasteiger partial charge in [-0.25, -0.2) is 0 Å². The van der Waals surface area contributed by atoms with Crippen LogP contribution in [-0.4, -0.2) is 17.4 Å². The van der Waals surface area contributed by atoms with E-state index in [0.29, 0.717) is 12.2 Å². The summed E-state index contributed by atoms with van der Waals surface area (Å²) in [5.74, 6) is -0.303. The fourth-order valence-electron chi connectivity index (χ4n) is 2.11. The molecule has 0 fully saturated rings. The molecule has 0 radical (unpaired) electrons. The zero-order chi connectivity index (χ0) is 15.4. The quantitative estimate of drug-likeness (QED) is 0.846. The lowest BCUT2D eigenvalue weighted by Crippen LogP contribution is -2.35. The Bertz CT molecular complexity index is 689. The molecule has 0 spiro atoms. The number of rotatable bonds is 4. The highest BCUT2D eigenvalue weighted by atomic mass is 16.2. The van der Waals surface area contributed by atoms with E-state index in [0.717, 1.165) is 17.8 Å². The number of carbonyl (C=O) groups excluding carboxylic acids is 1. The molecule has 1 heterocycles. The second-order valence-electron chi connectivity index (χ2n) is 4.94. The van der Waals surface area contributed by atoms with Crippen molar-refractivity contribution >= 4 is 17.3 Å². The number of carbonyl (C=O) groups is 1. The highest BCUT2D eigenvalue weighted by Gasteiger charge is 2.19. The first kappa shape index (κ1) is 14.8. The minimum absolute atomic E-state index is 0.144. The van der Waals surface area contributed by atoms with E-state index >= 15 is 0 Å². The van der Waals surface area contributed by atoms with Gasteiger partial charge in [-0.15, -0.1) is 0 Å². The third-order valence-electron chi connectivity index (χ3n) is 3.18. The lowest BCUT2D eigenvalue weighted by molar-refractivity contribution is 0.0985. The highest BCUT2D eigenvalue weighted by Crippen LogP contribution is 2.18. The van der Waals surface area contributed by atoms with E-state index in [9.17, 15) is 9.59 Å². The average molecular weight is 285 g/mol.